The first-order valence-corrected chi connectivity index (χ1v) is 5.58. The number of aliphatic hydroxyl groups is 1. The molecule has 0 heterocycles. The molecule has 0 bridgehead atoms. The zero-order chi connectivity index (χ0) is 11.1. The van der Waals surface area contributed by atoms with Crippen LogP contribution in [-0.2, 0) is 6.61 Å². The van der Waals surface area contributed by atoms with Gasteiger partial charge in [0.15, 0.2) is 0 Å². The van der Waals surface area contributed by atoms with Crippen LogP contribution < -0.4 is 4.74 Å². The third-order valence-corrected chi connectivity index (χ3v) is 2.42. The fraction of sp³-hybridized carbons (Fsp3) is 0.538. The Labute approximate surface area is 91.9 Å². The Morgan fingerprint density at radius 3 is 2.47 bits per heavy atom. The summed E-state index contributed by atoms with van der Waals surface area (Å²) in [7, 11) is 0. The van der Waals surface area contributed by atoms with Gasteiger partial charge in [-0.25, -0.2) is 0 Å². The van der Waals surface area contributed by atoms with Gasteiger partial charge in [0.1, 0.15) is 5.75 Å². The SMILES string of the molecule is CCCC(C)COc1ccc(CO)cc1. The number of aliphatic hydroxyl groups excluding tert-OH is 1. The van der Waals surface area contributed by atoms with E-state index in [1.807, 2.05) is 24.3 Å². The van der Waals surface area contributed by atoms with Crippen LogP contribution in [0.1, 0.15) is 32.3 Å². The average Bonchev–Trinajstić information content (AvgIpc) is 2.27. The number of rotatable bonds is 6. The van der Waals surface area contributed by atoms with Crippen LogP contribution in [0.3, 0.4) is 0 Å². The van der Waals surface area contributed by atoms with Crippen molar-refractivity contribution < 1.29 is 9.84 Å². The fourth-order valence-electron chi connectivity index (χ4n) is 1.51. The van der Waals surface area contributed by atoms with Gasteiger partial charge in [-0.2, -0.15) is 0 Å². The molecule has 0 amide bonds. The van der Waals surface area contributed by atoms with Crippen LogP contribution in [0.15, 0.2) is 24.3 Å². The minimum absolute atomic E-state index is 0.0898. The molecule has 0 saturated heterocycles. The largest absolute Gasteiger partial charge is 0.493 e. The topological polar surface area (TPSA) is 29.5 Å². The molecule has 1 unspecified atom stereocenters. The minimum Gasteiger partial charge on any atom is -0.493 e. The summed E-state index contributed by atoms with van der Waals surface area (Å²) in [6.45, 7) is 5.25. The summed E-state index contributed by atoms with van der Waals surface area (Å²) < 4.78 is 5.64. The van der Waals surface area contributed by atoms with E-state index in [0.29, 0.717) is 5.92 Å². The van der Waals surface area contributed by atoms with E-state index in [2.05, 4.69) is 13.8 Å². The Hall–Kier alpha value is -1.02. The van der Waals surface area contributed by atoms with Gasteiger partial charge in [-0.05, 0) is 30.0 Å². The normalized spacial score (nSPS) is 12.5. The van der Waals surface area contributed by atoms with Crippen molar-refractivity contribution in [3.63, 3.8) is 0 Å². The Balaban J connectivity index is 2.37. The lowest BCUT2D eigenvalue weighted by Gasteiger charge is -2.12. The van der Waals surface area contributed by atoms with Gasteiger partial charge in [-0.1, -0.05) is 32.4 Å². The van der Waals surface area contributed by atoms with Crippen molar-refractivity contribution in [2.24, 2.45) is 5.92 Å². The molecule has 2 nitrogen and oxygen atoms in total. The van der Waals surface area contributed by atoms with E-state index in [-0.39, 0.29) is 6.61 Å². The van der Waals surface area contributed by atoms with Crippen LogP contribution in [-0.4, -0.2) is 11.7 Å². The first-order valence-electron chi connectivity index (χ1n) is 5.58. The van der Waals surface area contributed by atoms with E-state index < -0.39 is 0 Å². The highest BCUT2D eigenvalue weighted by Crippen LogP contribution is 2.14. The van der Waals surface area contributed by atoms with E-state index in [4.69, 9.17) is 9.84 Å². The van der Waals surface area contributed by atoms with Gasteiger partial charge in [0.05, 0.1) is 13.2 Å². The Kier molecular flexibility index (Phi) is 5.19. The van der Waals surface area contributed by atoms with E-state index in [1.165, 1.54) is 12.8 Å². The van der Waals surface area contributed by atoms with Crippen LogP contribution in [0.5, 0.6) is 5.75 Å². The van der Waals surface area contributed by atoms with Crippen LogP contribution in [0.4, 0.5) is 0 Å². The molecule has 0 radical (unpaired) electrons. The smallest absolute Gasteiger partial charge is 0.119 e. The predicted octanol–water partition coefficient (Wildman–Crippen LogP) is 2.99. The average molecular weight is 208 g/mol. The Morgan fingerprint density at radius 1 is 1.27 bits per heavy atom. The summed E-state index contributed by atoms with van der Waals surface area (Å²) in [5, 5.41) is 8.88. The monoisotopic (exact) mass is 208 g/mol. The van der Waals surface area contributed by atoms with Gasteiger partial charge in [0.25, 0.3) is 0 Å². The van der Waals surface area contributed by atoms with Crippen molar-refractivity contribution in [1.82, 2.24) is 0 Å². The maximum atomic E-state index is 8.88. The second-order valence-corrected chi connectivity index (χ2v) is 4.01. The molecule has 0 saturated carbocycles. The third kappa shape index (κ3) is 4.34. The molecule has 0 aliphatic heterocycles. The van der Waals surface area contributed by atoms with Crippen LogP contribution >= 0.6 is 0 Å². The lowest BCUT2D eigenvalue weighted by Crippen LogP contribution is -2.08. The van der Waals surface area contributed by atoms with Gasteiger partial charge in [0.2, 0.25) is 0 Å². The molecule has 1 N–H and O–H groups in total. The highest BCUT2D eigenvalue weighted by atomic mass is 16.5. The molecule has 84 valence electrons. The maximum Gasteiger partial charge on any atom is 0.119 e. The molecule has 0 aliphatic rings. The molecular formula is C13H20O2. The quantitative estimate of drug-likeness (QED) is 0.778. The van der Waals surface area contributed by atoms with Gasteiger partial charge in [-0.3, -0.25) is 0 Å². The second kappa shape index (κ2) is 6.46. The zero-order valence-corrected chi connectivity index (χ0v) is 9.57. The third-order valence-electron chi connectivity index (χ3n) is 2.42. The van der Waals surface area contributed by atoms with E-state index >= 15 is 0 Å². The Bertz CT molecular complexity index is 266. The molecule has 1 atom stereocenters. The first-order chi connectivity index (χ1) is 7.26. The first kappa shape index (κ1) is 12.1. The predicted molar refractivity (Wildman–Crippen MR) is 61.9 cm³/mol. The van der Waals surface area contributed by atoms with Crippen molar-refractivity contribution in [3.05, 3.63) is 29.8 Å². The zero-order valence-electron chi connectivity index (χ0n) is 9.57. The molecule has 15 heavy (non-hydrogen) atoms. The molecule has 0 aromatic heterocycles. The number of hydrogen-bond acceptors (Lipinski definition) is 2. The molecule has 0 spiro atoms. The summed E-state index contributed by atoms with van der Waals surface area (Å²) in [5.41, 5.74) is 0.920. The molecule has 0 aliphatic carbocycles. The summed E-state index contributed by atoms with van der Waals surface area (Å²) in [5.74, 6) is 1.49. The lowest BCUT2D eigenvalue weighted by molar-refractivity contribution is 0.251. The van der Waals surface area contributed by atoms with Crippen LogP contribution in [0.2, 0.25) is 0 Å². The van der Waals surface area contributed by atoms with Crippen molar-refractivity contribution in [2.45, 2.75) is 33.3 Å². The number of hydrogen-bond donors (Lipinski definition) is 1. The fourth-order valence-corrected chi connectivity index (χ4v) is 1.51. The Morgan fingerprint density at radius 2 is 1.93 bits per heavy atom. The van der Waals surface area contributed by atoms with Crippen molar-refractivity contribution in [1.29, 1.82) is 0 Å². The number of ether oxygens (including phenoxy) is 1. The standard InChI is InChI=1S/C13H20O2/c1-3-4-11(2)10-15-13-7-5-12(9-14)6-8-13/h5-8,11,14H,3-4,9-10H2,1-2H3. The summed E-state index contributed by atoms with van der Waals surface area (Å²) in [6, 6.07) is 7.59. The maximum absolute atomic E-state index is 8.88. The van der Waals surface area contributed by atoms with Gasteiger partial charge in [-0.15, -0.1) is 0 Å². The molecular weight excluding hydrogens is 188 g/mol. The van der Waals surface area contributed by atoms with Crippen LogP contribution in [0.25, 0.3) is 0 Å². The van der Waals surface area contributed by atoms with Crippen LogP contribution in [0, 0.1) is 5.92 Å². The van der Waals surface area contributed by atoms with Gasteiger partial charge in [0, 0.05) is 0 Å². The van der Waals surface area contributed by atoms with Crippen molar-refractivity contribution >= 4 is 0 Å². The van der Waals surface area contributed by atoms with Gasteiger partial charge < -0.3 is 9.84 Å². The lowest BCUT2D eigenvalue weighted by atomic mass is 10.1. The minimum atomic E-state index is 0.0898. The highest BCUT2D eigenvalue weighted by molar-refractivity contribution is 5.26. The molecule has 2 heteroatoms. The molecule has 1 aromatic carbocycles. The molecule has 0 fully saturated rings. The molecule has 1 rings (SSSR count). The highest BCUT2D eigenvalue weighted by Gasteiger charge is 2.01. The summed E-state index contributed by atoms with van der Waals surface area (Å²) in [6.07, 6.45) is 2.41. The number of benzene rings is 1. The summed E-state index contributed by atoms with van der Waals surface area (Å²) >= 11 is 0. The van der Waals surface area contributed by atoms with E-state index in [0.717, 1.165) is 17.9 Å². The van der Waals surface area contributed by atoms with Crippen molar-refractivity contribution in [3.8, 4) is 5.75 Å². The second-order valence-electron chi connectivity index (χ2n) is 4.01. The van der Waals surface area contributed by atoms with Gasteiger partial charge >= 0.3 is 0 Å². The summed E-state index contributed by atoms with van der Waals surface area (Å²) in [4.78, 5) is 0. The van der Waals surface area contributed by atoms with Crippen molar-refractivity contribution in [2.75, 3.05) is 6.61 Å². The van der Waals surface area contributed by atoms with E-state index in [1.54, 1.807) is 0 Å². The van der Waals surface area contributed by atoms with E-state index in [9.17, 15) is 0 Å². The molecule has 1 aromatic rings.